The summed E-state index contributed by atoms with van der Waals surface area (Å²) in [6, 6.07) is 12.7. The number of anilines is 2. The second kappa shape index (κ2) is 11.9. The SMILES string of the molecule is O=C(/C=C/C=C(c1ccc(C(F)(F)F)cc1)c1ccc(C(F)(F)F)cc1)Nc1ccc2c(c1)NC(=O)C(CCO)O2. The zero-order valence-electron chi connectivity index (χ0n) is 21.0. The Bertz CT molecular complexity index is 1420. The number of alkyl halides is 6. The van der Waals surface area contributed by atoms with Gasteiger partial charge in [0.2, 0.25) is 5.91 Å². The summed E-state index contributed by atoms with van der Waals surface area (Å²) in [5, 5.41) is 14.3. The Morgan fingerprint density at radius 3 is 1.98 bits per heavy atom. The predicted molar refractivity (Wildman–Crippen MR) is 139 cm³/mol. The third kappa shape index (κ3) is 7.34. The molecule has 0 aliphatic carbocycles. The molecule has 0 saturated carbocycles. The van der Waals surface area contributed by atoms with Gasteiger partial charge in [-0.1, -0.05) is 36.4 Å². The van der Waals surface area contributed by atoms with E-state index in [9.17, 15) is 35.9 Å². The van der Waals surface area contributed by atoms with Crippen molar-refractivity contribution in [1.29, 1.82) is 0 Å². The van der Waals surface area contributed by atoms with Crippen LogP contribution in [-0.4, -0.2) is 29.6 Å². The number of aliphatic hydroxyl groups excluding tert-OH is 1. The summed E-state index contributed by atoms with van der Waals surface area (Å²) >= 11 is 0. The molecule has 41 heavy (non-hydrogen) atoms. The summed E-state index contributed by atoms with van der Waals surface area (Å²) < 4.78 is 83.6. The quantitative estimate of drug-likeness (QED) is 0.172. The second-order valence-electron chi connectivity index (χ2n) is 8.90. The molecule has 0 fully saturated rings. The van der Waals surface area contributed by atoms with Crippen molar-refractivity contribution in [2.45, 2.75) is 24.9 Å². The number of carbonyl (C=O) groups is 2. The minimum absolute atomic E-state index is 0.114. The summed E-state index contributed by atoms with van der Waals surface area (Å²) in [7, 11) is 0. The lowest BCUT2D eigenvalue weighted by Gasteiger charge is -2.25. The van der Waals surface area contributed by atoms with Crippen LogP contribution in [0.5, 0.6) is 5.75 Å². The first-order chi connectivity index (χ1) is 19.3. The first-order valence-corrected chi connectivity index (χ1v) is 12.1. The molecular weight excluding hydrogens is 554 g/mol. The Labute approximate surface area is 229 Å². The number of hydrogen-bond donors (Lipinski definition) is 3. The molecule has 1 atom stereocenters. The van der Waals surface area contributed by atoms with Gasteiger partial charge in [-0.05, 0) is 59.2 Å². The van der Waals surface area contributed by atoms with Gasteiger partial charge >= 0.3 is 12.4 Å². The molecule has 1 unspecified atom stereocenters. The van der Waals surface area contributed by atoms with E-state index in [-0.39, 0.29) is 29.7 Å². The largest absolute Gasteiger partial charge is 0.478 e. The van der Waals surface area contributed by atoms with Crippen molar-refractivity contribution < 1.29 is 45.8 Å². The highest BCUT2D eigenvalue weighted by Crippen LogP contribution is 2.35. The Kier molecular flexibility index (Phi) is 8.52. The number of ether oxygens (including phenoxy) is 1. The summed E-state index contributed by atoms with van der Waals surface area (Å²) in [6.45, 7) is -0.234. The lowest BCUT2D eigenvalue weighted by atomic mass is 9.95. The Hall–Kier alpha value is -4.58. The number of hydrogen-bond acceptors (Lipinski definition) is 4. The van der Waals surface area contributed by atoms with Crippen LogP contribution in [0.4, 0.5) is 37.7 Å². The molecule has 3 N–H and O–H groups in total. The van der Waals surface area contributed by atoms with E-state index < -0.39 is 41.4 Å². The number of allylic oxidation sites excluding steroid dienone is 2. The van der Waals surface area contributed by atoms with E-state index in [1.807, 2.05) is 0 Å². The Morgan fingerprint density at radius 2 is 1.46 bits per heavy atom. The number of amides is 2. The molecule has 0 aromatic heterocycles. The molecule has 1 heterocycles. The summed E-state index contributed by atoms with van der Waals surface area (Å²) in [5.74, 6) is -0.682. The maximum Gasteiger partial charge on any atom is 0.416 e. The first kappa shape index (κ1) is 29.4. The van der Waals surface area contributed by atoms with Crippen LogP contribution in [0.25, 0.3) is 5.57 Å². The van der Waals surface area contributed by atoms with Gasteiger partial charge in [-0.3, -0.25) is 9.59 Å². The van der Waals surface area contributed by atoms with Gasteiger partial charge in [-0.2, -0.15) is 26.3 Å². The van der Waals surface area contributed by atoms with Crippen molar-refractivity contribution in [1.82, 2.24) is 0 Å². The lowest BCUT2D eigenvalue weighted by Crippen LogP contribution is -2.37. The molecule has 12 heteroatoms. The molecule has 2 amide bonds. The first-order valence-electron chi connectivity index (χ1n) is 12.1. The van der Waals surface area contributed by atoms with Crippen LogP contribution >= 0.6 is 0 Å². The van der Waals surface area contributed by atoms with Gasteiger partial charge in [0.25, 0.3) is 5.91 Å². The molecule has 214 valence electrons. The molecule has 0 saturated heterocycles. The van der Waals surface area contributed by atoms with Gasteiger partial charge in [0.15, 0.2) is 6.10 Å². The molecule has 1 aliphatic heterocycles. The van der Waals surface area contributed by atoms with Crippen molar-refractivity contribution in [3.63, 3.8) is 0 Å². The maximum absolute atomic E-state index is 13.0. The summed E-state index contributed by atoms with van der Waals surface area (Å²) in [6.07, 6.45) is -6.03. The van der Waals surface area contributed by atoms with Gasteiger partial charge in [0.1, 0.15) is 5.75 Å². The highest BCUT2D eigenvalue weighted by molar-refractivity contribution is 6.02. The van der Waals surface area contributed by atoms with Crippen molar-refractivity contribution in [2.75, 3.05) is 17.2 Å². The molecular formula is C29H22F6N2O4. The van der Waals surface area contributed by atoms with E-state index in [1.54, 1.807) is 0 Å². The lowest BCUT2D eigenvalue weighted by molar-refractivity contribution is -0.138. The normalized spacial score (nSPS) is 15.1. The Balaban J connectivity index is 1.55. The second-order valence-corrected chi connectivity index (χ2v) is 8.90. The van der Waals surface area contributed by atoms with E-state index in [0.717, 1.165) is 30.3 Å². The standard InChI is InChI=1S/C29H22F6N2O4/c30-28(31,32)19-8-4-17(5-9-19)22(18-6-10-20(11-7-18)29(33,34)35)2-1-3-26(39)36-21-12-13-24-23(16-21)37-27(40)25(41-24)14-15-38/h1-13,16,25,38H,14-15H2,(H,36,39)(H,37,40)/b3-1+. The highest BCUT2D eigenvalue weighted by atomic mass is 19.4. The topological polar surface area (TPSA) is 87.7 Å². The van der Waals surface area contributed by atoms with Gasteiger partial charge in [0, 0.05) is 24.8 Å². The number of benzene rings is 3. The number of nitrogens with one attached hydrogen (secondary N) is 2. The van der Waals surface area contributed by atoms with Crippen LogP contribution in [0.2, 0.25) is 0 Å². The molecule has 3 aromatic rings. The summed E-state index contributed by atoms with van der Waals surface area (Å²) in [4.78, 5) is 24.6. The molecule has 0 radical (unpaired) electrons. The average molecular weight is 576 g/mol. The molecule has 3 aromatic carbocycles. The van der Waals surface area contributed by atoms with Gasteiger partial charge in [-0.15, -0.1) is 0 Å². The minimum Gasteiger partial charge on any atom is -0.478 e. The number of halogens is 6. The van der Waals surface area contributed by atoms with E-state index in [1.165, 1.54) is 54.6 Å². The van der Waals surface area contributed by atoms with Crippen molar-refractivity contribution in [3.8, 4) is 5.75 Å². The summed E-state index contributed by atoms with van der Waals surface area (Å²) in [5.41, 5.74) is -0.296. The van der Waals surface area contributed by atoms with Crippen molar-refractivity contribution in [2.24, 2.45) is 0 Å². The van der Waals surface area contributed by atoms with Crippen molar-refractivity contribution >= 4 is 28.8 Å². The monoisotopic (exact) mass is 576 g/mol. The van der Waals surface area contributed by atoms with Crippen LogP contribution < -0.4 is 15.4 Å². The molecule has 0 bridgehead atoms. The molecule has 4 rings (SSSR count). The third-order valence-corrected chi connectivity index (χ3v) is 6.01. The van der Waals surface area contributed by atoms with E-state index in [2.05, 4.69) is 10.6 Å². The fourth-order valence-corrected chi connectivity index (χ4v) is 3.99. The molecule has 6 nitrogen and oxygen atoms in total. The number of aliphatic hydroxyl groups is 1. The Morgan fingerprint density at radius 1 is 0.902 bits per heavy atom. The van der Waals surface area contributed by atoms with E-state index >= 15 is 0 Å². The van der Waals surface area contributed by atoms with Gasteiger partial charge < -0.3 is 20.5 Å². The highest BCUT2D eigenvalue weighted by Gasteiger charge is 2.31. The zero-order valence-corrected chi connectivity index (χ0v) is 21.0. The maximum atomic E-state index is 13.0. The van der Waals surface area contributed by atoms with E-state index in [0.29, 0.717) is 17.1 Å². The van der Waals surface area contributed by atoms with Crippen LogP contribution in [0, 0.1) is 0 Å². The predicted octanol–water partition coefficient (Wildman–Crippen LogP) is 6.43. The number of carbonyl (C=O) groups excluding carboxylic acids is 2. The van der Waals surface area contributed by atoms with Crippen LogP contribution in [0.15, 0.2) is 85.0 Å². The fourth-order valence-electron chi connectivity index (χ4n) is 3.99. The third-order valence-electron chi connectivity index (χ3n) is 6.01. The van der Waals surface area contributed by atoms with E-state index in [4.69, 9.17) is 9.84 Å². The smallest absolute Gasteiger partial charge is 0.416 e. The van der Waals surface area contributed by atoms with Gasteiger partial charge in [-0.25, -0.2) is 0 Å². The number of fused-ring (bicyclic) bond motifs is 1. The fraction of sp³-hybridized carbons (Fsp3) is 0.172. The average Bonchev–Trinajstić information content (AvgIpc) is 2.91. The van der Waals surface area contributed by atoms with Crippen LogP contribution in [0.3, 0.4) is 0 Å². The van der Waals surface area contributed by atoms with Crippen molar-refractivity contribution in [3.05, 3.63) is 107 Å². The molecule has 0 spiro atoms. The van der Waals surface area contributed by atoms with Crippen LogP contribution in [0.1, 0.15) is 28.7 Å². The molecule has 1 aliphatic rings. The number of rotatable bonds is 7. The van der Waals surface area contributed by atoms with Gasteiger partial charge in [0.05, 0.1) is 16.8 Å². The zero-order chi connectivity index (χ0) is 29.8. The van der Waals surface area contributed by atoms with Crippen LogP contribution in [-0.2, 0) is 21.9 Å². The minimum atomic E-state index is -4.57.